The van der Waals surface area contributed by atoms with Gasteiger partial charge in [-0.05, 0) is 62.3 Å². The normalized spacial score (nSPS) is 20.1. The quantitative estimate of drug-likeness (QED) is 0.747. The number of nitrogens with zero attached hydrogens (tertiary/aromatic N) is 4. The molecule has 5 heteroatoms. The molecule has 3 aromatic rings. The number of fused-ring (bicyclic) bond motifs is 1. The van der Waals surface area contributed by atoms with E-state index in [1.807, 2.05) is 13.1 Å². The van der Waals surface area contributed by atoms with Crippen LogP contribution < -0.4 is 4.90 Å². The number of hydrogen-bond acceptors (Lipinski definition) is 4. The maximum atomic E-state index is 4.63. The molecule has 2 saturated heterocycles. The van der Waals surface area contributed by atoms with Crippen molar-refractivity contribution in [3.8, 4) is 0 Å². The van der Waals surface area contributed by atoms with E-state index in [0.29, 0.717) is 5.41 Å². The summed E-state index contributed by atoms with van der Waals surface area (Å²) in [5.41, 5.74) is 3.15. The third-order valence-corrected chi connectivity index (χ3v) is 6.72. The minimum Gasteiger partial charge on any atom is -0.361 e. The van der Waals surface area contributed by atoms with Crippen LogP contribution in [0.2, 0.25) is 0 Å². The molecule has 2 fully saturated rings. The highest BCUT2D eigenvalue weighted by atomic mass is 15.2. The van der Waals surface area contributed by atoms with Crippen molar-refractivity contribution in [1.82, 2.24) is 19.9 Å². The van der Waals surface area contributed by atoms with E-state index in [0.717, 1.165) is 31.3 Å². The van der Waals surface area contributed by atoms with Crippen molar-refractivity contribution in [2.75, 3.05) is 31.1 Å². The number of aromatic amines is 1. The number of para-hydroxylation sites is 1. The third-order valence-electron chi connectivity index (χ3n) is 6.72. The molecule has 1 aromatic carbocycles. The zero-order valence-electron chi connectivity index (χ0n) is 16.7. The van der Waals surface area contributed by atoms with Crippen LogP contribution in [0.15, 0.2) is 42.7 Å². The Morgan fingerprint density at radius 3 is 2.79 bits per heavy atom. The molecule has 4 heterocycles. The van der Waals surface area contributed by atoms with Crippen molar-refractivity contribution in [1.29, 1.82) is 0 Å². The van der Waals surface area contributed by atoms with Gasteiger partial charge in [0.15, 0.2) is 0 Å². The molecule has 0 bridgehead atoms. The summed E-state index contributed by atoms with van der Waals surface area (Å²) in [7, 11) is 0. The van der Waals surface area contributed by atoms with Gasteiger partial charge in [-0.1, -0.05) is 18.2 Å². The molecule has 0 saturated carbocycles. The van der Waals surface area contributed by atoms with Crippen molar-refractivity contribution < 1.29 is 0 Å². The monoisotopic (exact) mass is 375 g/mol. The van der Waals surface area contributed by atoms with Crippen molar-refractivity contribution in [3.63, 3.8) is 0 Å². The highest BCUT2D eigenvalue weighted by Gasteiger charge is 2.38. The van der Waals surface area contributed by atoms with Crippen LogP contribution in [-0.2, 0) is 6.54 Å². The first-order valence-electron chi connectivity index (χ1n) is 10.5. The molecule has 28 heavy (non-hydrogen) atoms. The first kappa shape index (κ1) is 17.7. The van der Waals surface area contributed by atoms with Gasteiger partial charge in [0.25, 0.3) is 0 Å². The number of nitrogens with one attached hydrogen (secondary N) is 1. The van der Waals surface area contributed by atoms with Crippen LogP contribution in [0.1, 0.15) is 37.1 Å². The summed E-state index contributed by atoms with van der Waals surface area (Å²) in [5.74, 6) is 1.95. The Bertz CT molecular complexity index is 954. The van der Waals surface area contributed by atoms with Gasteiger partial charge < -0.3 is 9.88 Å². The topological polar surface area (TPSA) is 48.1 Å². The van der Waals surface area contributed by atoms with Crippen LogP contribution in [0.3, 0.4) is 0 Å². The largest absolute Gasteiger partial charge is 0.361 e. The van der Waals surface area contributed by atoms with Crippen LogP contribution in [0, 0.1) is 12.3 Å². The maximum Gasteiger partial charge on any atom is 0.132 e. The van der Waals surface area contributed by atoms with E-state index in [1.54, 1.807) is 0 Å². The second-order valence-electron chi connectivity index (χ2n) is 8.62. The predicted molar refractivity (Wildman–Crippen MR) is 113 cm³/mol. The zero-order valence-corrected chi connectivity index (χ0v) is 16.7. The predicted octanol–water partition coefficient (Wildman–Crippen LogP) is 4.15. The number of aromatic nitrogens is 3. The number of likely N-dealkylation sites (tertiary alicyclic amines) is 1. The summed E-state index contributed by atoms with van der Waals surface area (Å²) in [6.07, 6.45) is 9.29. The maximum absolute atomic E-state index is 4.63. The molecular weight excluding hydrogens is 346 g/mol. The van der Waals surface area contributed by atoms with Crippen molar-refractivity contribution in [2.45, 2.75) is 39.2 Å². The Morgan fingerprint density at radius 1 is 1.07 bits per heavy atom. The van der Waals surface area contributed by atoms with E-state index < -0.39 is 0 Å². The minimum absolute atomic E-state index is 0.475. The molecule has 146 valence electrons. The second-order valence-corrected chi connectivity index (χ2v) is 8.62. The Morgan fingerprint density at radius 2 is 1.93 bits per heavy atom. The lowest BCUT2D eigenvalue weighted by molar-refractivity contribution is 0.0607. The van der Waals surface area contributed by atoms with Crippen LogP contribution >= 0.6 is 0 Å². The summed E-state index contributed by atoms with van der Waals surface area (Å²) in [6.45, 7) is 7.69. The number of hydrogen-bond donors (Lipinski definition) is 1. The molecule has 5 rings (SSSR count). The molecular formula is C23H29N5. The molecule has 2 aromatic heterocycles. The number of benzene rings is 1. The summed E-state index contributed by atoms with van der Waals surface area (Å²) in [6, 6.07) is 10.7. The average Bonchev–Trinajstić information content (AvgIpc) is 3.12. The SMILES string of the molecule is Cc1nccc(N2CCC3(CCCN(Cc4c[nH]c5ccccc45)C3)CC2)n1. The molecule has 0 radical (unpaired) electrons. The van der Waals surface area contributed by atoms with E-state index in [9.17, 15) is 0 Å². The molecule has 1 N–H and O–H groups in total. The Labute approximate surface area is 166 Å². The molecule has 5 nitrogen and oxygen atoms in total. The van der Waals surface area contributed by atoms with Gasteiger partial charge in [-0.2, -0.15) is 0 Å². The van der Waals surface area contributed by atoms with Crippen LogP contribution in [0.25, 0.3) is 10.9 Å². The third kappa shape index (κ3) is 3.39. The molecule has 2 aliphatic rings. The lowest BCUT2D eigenvalue weighted by Crippen LogP contribution is -2.49. The Balaban J connectivity index is 1.26. The van der Waals surface area contributed by atoms with Crippen LogP contribution in [0.5, 0.6) is 0 Å². The number of aryl methyl sites for hydroxylation is 1. The van der Waals surface area contributed by atoms with Crippen molar-refractivity contribution >= 4 is 16.7 Å². The second kappa shape index (κ2) is 7.21. The van der Waals surface area contributed by atoms with Crippen LogP contribution in [0.4, 0.5) is 5.82 Å². The van der Waals surface area contributed by atoms with Crippen molar-refractivity contribution in [2.24, 2.45) is 5.41 Å². The van der Waals surface area contributed by atoms with Gasteiger partial charge in [0.1, 0.15) is 11.6 Å². The van der Waals surface area contributed by atoms with Gasteiger partial charge in [0.05, 0.1) is 0 Å². The number of H-pyrrole nitrogens is 1. The fourth-order valence-electron chi connectivity index (χ4n) is 5.19. The molecule has 2 aliphatic heterocycles. The zero-order chi connectivity index (χ0) is 19.0. The Kier molecular flexibility index (Phi) is 4.55. The van der Waals surface area contributed by atoms with E-state index in [-0.39, 0.29) is 0 Å². The standard InChI is InChI=1S/C23H29N5/c1-18-24-11-7-22(26-18)28-13-9-23(10-14-28)8-4-12-27(17-23)16-19-15-25-21-6-3-2-5-20(19)21/h2-3,5-7,11,15,25H,4,8-10,12-14,16-17H2,1H3. The summed E-state index contributed by atoms with van der Waals surface area (Å²) in [4.78, 5) is 17.4. The molecule has 0 aliphatic carbocycles. The molecule has 0 amide bonds. The van der Waals surface area contributed by atoms with Gasteiger partial charge in [0.2, 0.25) is 0 Å². The first-order valence-corrected chi connectivity index (χ1v) is 10.5. The van der Waals surface area contributed by atoms with Crippen LogP contribution in [-0.4, -0.2) is 46.0 Å². The highest BCUT2D eigenvalue weighted by molar-refractivity contribution is 5.82. The van der Waals surface area contributed by atoms with Crippen molar-refractivity contribution in [3.05, 3.63) is 54.1 Å². The van der Waals surface area contributed by atoms with Gasteiger partial charge in [-0.15, -0.1) is 0 Å². The summed E-state index contributed by atoms with van der Waals surface area (Å²) < 4.78 is 0. The van der Waals surface area contributed by atoms with E-state index in [4.69, 9.17) is 0 Å². The van der Waals surface area contributed by atoms with Gasteiger partial charge >= 0.3 is 0 Å². The highest BCUT2D eigenvalue weighted by Crippen LogP contribution is 2.41. The summed E-state index contributed by atoms with van der Waals surface area (Å²) >= 11 is 0. The van der Waals surface area contributed by atoms with E-state index in [2.05, 4.69) is 61.3 Å². The summed E-state index contributed by atoms with van der Waals surface area (Å²) in [5, 5.41) is 1.37. The minimum atomic E-state index is 0.475. The molecule has 0 unspecified atom stereocenters. The smallest absolute Gasteiger partial charge is 0.132 e. The van der Waals surface area contributed by atoms with E-state index >= 15 is 0 Å². The van der Waals surface area contributed by atoms with E-state index in [1.165, 1.54) is 55.2 Å². The van der Waals surface area contributed by atoms with Gasteiger partial charge in [-0.3, -0.25) is 4.90 Å². The number of anilines is 1. The average molecular weight is 376 g/mol. The first-order chi connectivity index (χ1) is 13.7. The fraction of sp³-hybridized carbons (Fsp3) is 0.478. The number of piperidine rings is 2. The fourth-order valence-corrected chi connectivity index (χ4v) is 5.19. The molecule has 0 atom stereocenters. The van der Waals surface area contributed by atoms with Gasteiger partial charge in [-0.25, -0.2) is 9.97 Å². The number of rotatable bonds is 3. The lowest BCUT2D eigenvalue weighted by atomic mass is 9.72. The lowest BCUT2D eigenvalue weighted by Gasteiger charge is -2.48. The van der Waals surface area contributed by atoms with Gasteiger partial charge in [0, 0.05) is 49.5 Å². The Hall–Kier alpha value is -2.40. The molecule has 1 spiro atoms.